The van der Waals surface area contributed by atoms with Crippen molar-refractivity contribution in [1.29, 1.82) is 0 Å². The summed E-state index contributed by atoms with van der Waals surface area (Å²) < 4.78 is 24.5. The summed E-state index contributed by atoms with van der Waals surface area (Å²) in [6.45, 7) is 19.9. The van der Waals surface area contributed by atoms with E-state index in [4.69, 9.17) is 14.4 Å². The minimum absolute atomic E-state index is 0.0586. The Balaban J connectivity index is 1.43. The predicted octanol–water partition coefficient (Wildman–Crippen LogP) is 7.93. The van der Waals surface area contributed by atoms with Crippen molar-refractivity contribution in [3.8, 4) is 17.2 Å². The van der Waals surface area contributed by atoms with Crippen LogP contribution in [0, 0.1) is 11.8 Å². The molecule has 0 saturated heterocycles. The van der Waals surface area contributed by atoms with Crippen molar-refractivity contribution >= 4 is 30.6 Å². The number of fused-ring (bicyclic) bond motifs is 1. The van der Waals surface area contributed by atoms with Gasteiger partial charge in [0.1, 0.15) is 4.75 Å². The van der Waals surface area contributed by atoms with Crippen LogP contribution in [0.25, 0.3) is 28.1 Å². The lowest BCUT2D eigenvalue weighted by molar-refractivity contribution is 0.148. The molecule has 3 aromatic heterocycles. The first kappa shape index (κ1) is 32.8. The van der Waals surface area contributed by atoms with E-state index in [1.165, 1.54) is 6.42 Å². The number of hydrogen-bond donors (Lipinski definition) is 1. The quantitative estimate of drug-likeness (QED) is 0.140. The van der Waals surface area contributed by atoms with Gasteiger partial charge in [0.15, 0.2) is 8.32 Å². The van der Waals surface area contributed by atoms with Crippen LogP contribution in [0.1, 0.15) is 85.2 Å². The smallest absolute Gasteiger partial charge is 0.251 e. The van der Waals surface area contributed by atoms with E-state index < -0.39 is 19.7 Å². The first-order chi connectivity index (χ1) is 20.7. The molecule has 1 N–H and O–H groups in total. The first-order valence-electron chi connectivity index (χ1n) is 15.8. The molecule has 0 spiro atoms. The summed E-state index contributed by atoms with van der Waals surface area (Å²) >= 11 is -1.19. The number of nitrogens with zero attached hydrogens (tertiary/aromatic N) is 5. The maximum atomic E-state index is 13.2. The third-order valence-electron chi connectivity index (χ3n) is 9.34. The van der Waals surface area contributed by atoms with E-state index in [0.717, 1.165) is 52.3 Å². The molecule has 1 aromatic carbocycles. The molecule has 1 unspecified atom stereocenters. The lowest BCUT2D eigenvalue weighted by Gasteiger charge is -2.41. The van der Waals surface area contributed by atoms with E-state index in [2.05, 4.69) is 85.9 Å². The highest BCUT2D eigenvalue weighted by molar-refractivity contribution is 7.90. The monoisotopic (exact) mass is 632 g/mol. The highest BCUT2D eigenvalue weighted by Gasteiger charge is 2.40. The van der Waals surface area contributed by atoms with E-state index in [9.17, 15) is 4.55 Å². The summed E-state index contributed by atoms with van der Waals surface area (Å²) in [5.41, 5.74) is 4.53. The van der Waals surface area contributed by atoms with Gasteiger partial charge in [-0.05, 0) is 87.8 Å². The third kappa shape index (κ3) is 7.10. The van der Waals surface area contributed by atoms with Crippen molar-refractivity contribution in [2.24, 2.45) is 11.8 Å². The van der Waals surface area contributed by atoms with Gasteiger partial charge in [-0.3, -0.25) is 4.98 Å². The van der Waals surface area contributed by atoms with E-state index in [1.54, 1.807) is 10.9 Å². The molecule has 1 saturated carbocycles. The van der Waals surface area contributed by atoms with E-state index in [-0.39, 0.29) is 15.8 Å². The standard InChI is InChI=1S/C34H48N6O2SSi/c1-10-23-18-26(19-23)31(39-43(41)33(2,3)4)29-13-11-12-28(38-29)24-14-15-25-21-36-40(30(25)20-24)32-35-17-16-27(37-32)22-42-44(8,9)34(5,6)7/h11-17,20-21,23,26,31,39H,10,18-19,22H2,1-9H3/t23?,26?,31-,43?/m0/s1. The van der Waals surface area contributed by atoms with Crippen LogP contribution < -0.4 is 4.72 Å². The molecular weight excluding hydrogens is 585 g/mol. The molecule has 0 radical (unpaired) electrons. The molecule has 0 bridgehead atoms. The molecule has 0 aliphatic heterocycles. The van der Waals surface area contributed by atoms with Crippen LogP contribution in [0.15, 0.2) is 54.9 Å². The molecule has 1 fully saturated rings. The molecule has 10 heteroatoms. The largest absolute Gasteiger partial charge is 0.598 e. The van der Waals surface area contributed by atoms with Gasteiger partial charge in [0.25, 0.3) is 5.95 Å². The zero-order valence-corrected chi connectivity index (χ0v) is 29.5. The number of pyridine rings is 1. The van der Waals surface area contributed by atoms with Crippen molar-refractivity contribution < 1.29 is 8.98 Å². The average Bonchev–Trinajstić information content (AvgIpc) is 3.37. The van der Waals surface area contributed by atoms with Gasteiger partial charge in [0.2, 0.25) is 0 Å². The zero-order valence-electron chi connectivity index (χ0n) is 27.7. The molecule has 2 atom stereocenters. The number of hydrogen-bond acceptors (Lipinski definition) is 7. The summed E-state index contributed by atoms with van der Waals surface area (Å²) in [6.07, 6.45) is 7.06. The van der Waals surface area contributed by atoms with Gasteiger partial charge in [-0.2, -0.15) is 9.78 Å². The number of rotatable bonds is 10. The molecule has 1 aliphatic carbocycles. The molecule has 4 aromatic rings. The Labute approximate surface area is 266 Å². The van der Waals surface area contributed by atoms with Crippen molar-refractivity contribution in [2.75, 3.05) is 0 Å². The summed E-state index contributed by atoms with van der Waals surface area (Å²) in [5.74, 6) is 1.67. The Hall–Kier alpha value is -2.63. The van der Waals surface area contributed by atoms with Gasteiger partial charge >= 0.3 is 0 Å². The number of nitrogens with one attached hydrogen (secondary N) is 1. The van der Waals surface area contributed by atoms with Crippen molar-refractivity contribution in [3.63, 3.8) is 0 Å². The minimum atomic E-state index is -1.91. The van der Waals surface area contributed by atoms with Crippen LogP contribution in [0.5, 0.6) is 0 Å². The first-order valence-corrected chi connectivity index (χ1v) is 19.8. The molecule has 8 nitrogen and oxygen atoms in total. The fourth-order valence-electron chi connectivity index (χ4n) is 5.24. The second-order valence-corrected chi connectivity index (χ2v) is 21.5. The average molecular weight is 633 g/mol. The third-order valence-corrected chi connectivity index (χ3v) is 15.4. The zero-order chi connectivity index (χ0) is 31.9. The van der Waals surface area contributed by atoms with E-state index in [1.807, 2.05) is 39.1 Å². The summed E-state index contributed by atoms with van der Waals surface area (Å²) in [5, 5.41) is 5.76. The van der Waals surface area contributed by atoms with Gasteiger partial charge in [0.05, 0.1) is 41.4 Å². The maximum Gasteiger partial charge on any atom is 0.251 e. The lowest BCUT2D eigenvalue weighted by Crippen LogP contribution is -2.46. The van der Waals surface area contributed by atoms with Crippen LogP contribution in [0.4, 0.5) is 0 Å². The van der Waals surface area contributed by atoms with E-state index in [0.29, 0.717) is 18.5 Å². The predicted molar refractivity (Wildman–Crippen MR) is 182 cm³/mol. The Kier molecular flexibility index (Phi) is 9.40. The van der Waals surface area contributed by atoms with Gasteiger partial charge in [-0.25, -0.2) is 9.97 Å². The van der Waals surface area contributed by atoms with E-state index >= 15 is 0 Å². The van der Waals surface area contributed by atoms with Crippen LogP contribution in [-0.4, -0.2) is 42.3 Å². The molecule has 0 amide bonds. The highest BCUT2D eigenvalue weighted by Crippen LogP contribution is 2.44. The van der Waals surface area contributed by atoms with Gasteiger partial charge in [-0.1, -0.05) is 52.3 Å². The Morgan fingerprint density at radius 3 is 2.50 bits per heavy atom. The molecule has 236 valence electrons. The normalized spacial score (nSPS) is 19.1. The molecule has 5 rings (SSSR count). The van der Waals surface area contributed by atoms with Gasteiger partial charge < -0.3 is 8.98 Å². The van der Waals surface area contributed by atoms with Crippen molar-refractivity contribution in [3.05, 3.63) is 66.2 Å². The Morgan fingerprint density at radius 1 is 1.07 bits per heavy atom. The SMILES string of the molecule is CCC1CC([C@H](N[S+]([O-])C(C)(C)C)c2cccc(-c3ccc4cnn(-c5nccc(CO[Si](C)(C)C(C)(C)C)n5)c4c3)n2)C1. The van der Waals surface area contributed by atoms with Crippen molar-refractivity contribution in [1.82, 2.24) is 29.5 Å². The van der Waals surface area contributed by atoms with Gasteiger partial charge in [0, 0.05) is 28.5 Å². The molecular formula is C34H48N6O2SSi. The second kappa shape index (κ2) is 12.6. The minimum Gasteiger partial charge on any atom is -0.598 e. The summed E-state index contributed by atoms with van der Waals surface area (Å²) in [7, 11) is -1.91. The van der Waals surface area contributed by atoms with Crippen LogP contribution >= 0.6 is 0 Å². The summed E-state index contributed by atoms with van der Waals surface area (Å²) in [6, 6.07) is 14.2. The Morgan fingerprint density at radius 2 is 1.82 bits per heavy atom. The molecule has 44 heavy (non-hydrogen) atoms. The second-order valence-electron chi connectivity index (χ2n) is 14.7. The fourth-order valence-corrected chi connectivity index (χ4v) is 7.08. The van der Waals surface area contributed by atoms with Gasteiger partial charge in [-0.15, -0.1) is 4.72 Å². The van der Waals surface area contributed by atoms with Crippen LogP contribution in [-0.2, 0) is 22.4 Å². The topological polar surface area (TPSA) is 101 Å². The number of benzene rings is 1. The maximum absolute atomic E-state index is 13.2. The fraction of sp³-hybridized carbons (Fsp3) is 0.529. The van der Waals surface area contributed by atoms with Crippen molar-refractivity contribution in [2.45, 2.75) is 103 Å². The highest BCUT2D eigenvalue weighted by atomic mass is 32.2. The molecule has 1 aliphatic rings. The van der Waals surface area contributed by atoms with Crippen LogP contribution in [0.3, 0.4) is 0 Å². The number of aromatic nitrogens is 5. The lowest BCUT2D eigenvalue weighted by atomic mass is 9.69. The molecule has 3 heterocycles. The van der Waals surface area contributed by atoms with Crippen LogP contribution in [0.2, 0.25) is 18.1 Å². The summed E-state index contributed by atoms with van der Waals surface area (Å²) in [4.78, 5) is 14.5. The Bertz CT molecular complexity index is 1590.